The van der Waals surface area contributed by atoms with Crippen LogP contribution in [0.2, 0.25) is 0 Å². The summed E-state index contributed by atoms with van der Waals surface area (Å²) in [5, 5.41) is 3.23. The van der Waals surface area contributed by atoms with Crippen LogP contribution in [0.15, 0.2) is 18.2 Å². The van der Waals surface area contributed by atoms with E-state index < -0.39 is 0 Å². The Kier molecular flexibility index (Phi) is 6.61. The Balaban J connectivity index is 0.00000196. The second-order valence-corrected chi connectivity index (χ2v) is 3.70. The summed E-state index contributed by atoms with van der Waals surface area (Å²) in [6, 6.07) is 6.86. The first kappa shape index (κ1) is 14.5. The number of likely N-dealkylation sites (N-methyl/N-ethyl adjacent to an activating group) is 1. The van der Waals surface area contributed by atoms with E-state index in [1.807, 2.05) is 13.1 Å². The number of aryl methyl sites for hydroxylation is 1. The highest BCUT2D eigenvalue weighted by molar-refractivity contribution is 8.93. The van der Waals surface area contributed by atoms with Crippen LogP contribution in [0.3, 0.4) is 0 Å². The summed E-state index contributed by atoms with van der Waals surface area (Å²) < 4.78 is 5.22. The van der Waals surface area contributed by atoms with Crippen molar-refractivity contribution in [2.45, 2.75) is 26.3 Å². The Morgan fingerprint density at radius 3 is 2.53 bits per heavy atom. The van der Waals surface area contributed by atoms with E-state index in [9.17, 15) is 0 Å². The van der Waals surface area contributed by atoms with Crippen LogP contribution < -0.4 is 10.1 Å². The van der Waals surface area contributed by atoms with Crippen molar-refractivity contribution in [2.24, 2.45) is 0 Å². The van der Waals surface area contributed by atoms with Gasteiger partial charge in [0, 0.05) is 6.04 Å². The molecule has 2 nitrogen and oxygen atoms in total. The number of methoxy groups -OCH3 is 1. The van der Waals surface area contributed by atoms with E-state index in [0.29, 0.717) is 6.04 Å². The first-order chi connectivity index (χ1) is 6.67. The zero-order chi connectivity index (χ0) is 10.6. The van der Waals surface area contributed by atoms with Gasteiger partial charge < -0.3 is 10.1 Å². The topological polar surface area (TPSA) is 21.3 Å². The molecule has 0 saturated carbocycles. The van der Waals surface area contributed by atoms with Gasteiger partial charge in [-0.15, -0.1) is 17.0 Å². The molecule has 0 amide bonds. The standard InChI is InChI=1S/C12H19NO.BrH/c1-9-7-11(8-10(2)13-3)5-6-12(9)14-4;/h5-7,10,13H,8H2,1-4H3;1H. The summed E-state index contributed by atoms with van der Waals surface area (Å²) in [6.07, 6.45) is 1.06. The summed E-state index contributed by atoms with van der Waals surface area (Å²) in [4.78, 5) is 0. The van der Waals surface area contributed by atoms with Gasteiger partial charge >= 0.3 is 0 Å². The first-order valence-corrected chi connectivity index (χ1v) is 4.98. The Morgan fingerprint density at radius 1 is 1.40 bits per heavy atom. The lowest BCUT2D eigenvalue weighted by molar-refractivity contribution is 0.411. The molecule has 0 bridgehead atoms. The molecule has 15 heavy (non-hydrogen) atoms. The van der Waals surface area contributed by atoms with E-state index in [2.05, 4.69) is 31.3 Å². The molecule has 1 N–H and O–H groups in total. The molecule has 1 rings (SSSR count). The molecule has 86 valence electrons. The minimum atomic E-state index is 0. The molecule has 0 spiro atoms. The molecule has 1 aromatic rings. The predicted octanol–water partition coefficient (Wildman–Crippen LogP) is 2.73. The zero-order valence-electron chi connectivity index (χ0n) is 9.83. The first-order valence-electron chi connectivity index (χ1n) is 4.98. The van der Waals surface area contributed by atoms with Crippen LogP contribution in [0.25, 0.3) is 0 Å². The molecular weight excluding hydrogens is 254 g/mol. The Bertz CT molecular complexity index is 302. The second kappa shape index (κ2) is 6.85. The van der Waals surface area contributed by atoms with Crippen LogP contribution in [-0.2, 0) is 6.42 Å². The molecule has 0 saturated heterocycles. The van der Waals surface area contributed by atoms with E-state index >= 15 is 0 Å². The molecule has 1 atom stereocenters. The van der Waals surface area contributed by atoms with Gasteiger partial charge in [-0.3, -0.25) is 0 Å². The van der Waals surface area contributed by atoms with Crippen molar-refractivity contribution in [1.29, 1.82) is 0 Å². The van der Waals surface area contributed by atoms with E-state index in [-0.39, 0.29) is 17.0 Å². The molecule has 1 aromatic carbocycles. The molecule has 0 heterocycles. The maximum atomic E-state index is 5.22. The molecule has 0 fully saturated rings. The lowest BCUT2D eigenvalue weighted by Crippen LogP contribution is -2.23. The zero-order valence-corrected chi connectivity index (χ0v) is 11.5. The number of halogens is 1. The normalized spacial score (nSPS) is 11.7. The van der Waals surface area contributed by atoms with Crippen LogP contribution in [0.4, 0.5) is 0 Å². The average molecular weight is 274 g/mol. The van der Waals surface area contributed by atoms with E-state index in [1.165, 1.54) is 11.1 Å². The van der Waals surface area contributed by atoms with Gasteiger partial charge in [0.1, 0.15) is 5.75 Å². The maximum Gasteiger partial charge on any atom is 0.121 e. The van der Waals surface area contributed by atoms with Gasteiger partial charge in [0.05, 0.1) is 7.11 Å². The average Bonchev–Trinajstić information content (AvgIpc) is 2.18. The molecule has 3 heteroatoms. The van der Waals surface area contributed by atoms with E-state index in [0.717, 1.165) is 12.2 Å². The fourth-order valence-corrected chi connectivity index (χ4v) is 1.52. The van der Waals surface area contributed by atoms with Crippen LogP contribution in [0, 0.1) is 6.92 Å². The Morgan fingerprint density at radius 2 is 2.07 bits per heavy atom. The third kappa shape index (κ3) is 4.22. The lowest BCUT2D eigenvalue weighted by atomic mass is 10.0. The van der Waals surface area contributed by atoms with Crippen LogP contribution in [-0.4, -0.2) is 20.2 Å². The van der Waals surface area contributed by atoms with Gasteiger partial charge in [-0.1, -0.05) is 12.1 Å². The summed E-state index contributed by atoms with van der Waals surface area (Å²) in [5.41, 5.74) is 2.55. The SMILES string of the molecule is Br.CNC(C)Cc1ccc(OC)c(C)c1. The van der Waals surface area contributed by atoms with Gasteiger partial charge in [-0.05, 0) is 44.5 Å². The predicted molar refractivity (Wildman–Crippen MR) is 70.3 cm³/mol. The van der Waals surface area contributed by atoms with Crippen molar-refractivity contribution in [2.75, 3.05) is 14.2 Å². The van der Waals surface area contributed by atoms with Crippen molar-refractivity contribution in [3.05, 3.63) is 29.3 Å². The Labute approximate surface area is 103 Å². The lowest BCUT2D eigenvalue weighted by Gasteiger charge is -2.11. The van der Waals surface area contributed by atoms with Gasteiger partial charge in [-0.25, -0.2) is 0 Å². The fraction of sp³-hybridized carbons (Fsp3) is 0.500. The highest BCUT2D eigenvalue weighted by Crippen LogP contribution is 2.19. The number of hydrogen-bond donors (Lipinski definition) is 1. The third-order valence-corrected chi connectivity index (χ3v) is 2.49. The largest absolute Gasteiger partial charge is 0.496 e. The monoisotopic (exact) mass is 273 g/mol. The molecular formula is C12H20BrNO. The number of hydrogen-bond acceptors (Lipinski definition) is 2. The number of benzene rings is 1. The van der Waals surface area contributed by atoms with Crippen molar-refractivity contribution in [1.82, 2.24) is 5.32 Å². The van der Waals surface area contributed by atoms with Crippen molar-refractivity contribution < 1.29 is 4.74 Å². The van der Waals surface area contributed by atoms with Gasteiger partial charge in [-0.2, -0.15) is 0 Å². The smallest absolute Gasteiger partial charge is 0.121 e. The van der Waals surface area contributed by atoms with Crippen LogP contribution in [0.1, 0.15) is 18.1 Å². The molecule has 0 aliphatic carbocycles. The quantitative estimate of drug-likeness (QED) is 0.911. The Hall–Kier alpha value is -0.540. The van der Waals surface area contributed by atoms with Gasteiger partial charge in [0.25, 0.3) is 0 Å². The summed E-state index contributed by atoms with van der Waals surface area (Å²) in [5.74, 6) is 0.964. The number of rotatable bonds is 4. The highest BCUT2D eigenvalue weighted by Gasteiger charge is 2.03. The molecule has 0 aliphatic rings. The van der Waals surface area contributed by atoms with Crippen LogP contribution >= 0.6 is 17.0 Å². The van der Waals surface area contributed by atoms with Crippen molar-refractivity contribution in [3.63, 3.8) is 0 Å². The summed E-state index contributed by atoms with van der Waals surface area (Å²) in [7, 11) is 3.69. The van der Waals surface area contributed by atoms with Gasteiger partial charge in [0.15, 0.2) is 0 Å². The summed E-state index contributed by atoms with van der Waals surface area (Å²) >= 11 is 0. The number of nitrogens with one attached hydrogen (secondary N) is 1. The number of ether oxygens (including phenoxy) is 1. The van der Waals surface area contributed by atoms with E-state index in [4.69, 9.17) is 4.74 Å². The van der Waals surface area contributed by atoms with Crippen LogP contribution in [0.5, 0.6) is 5.75 Å². The van der Waals surface area contributed by atoms with Gasteiger partial charge in [0.2, 0.25) is 0 Å². The minimum absolute atomic E-state index is 0. The van der Waals surface area contributed by atoms with Crippen molar-refractivity contribution >= 4 is 17.0 Å². The van der Waals surface area contributed by atoms with Crippen molar-refractivity contribution in [3.8, 4) is 5.75 Å². The molecule has 0 aliphatic heterocycles. The fourth-order valence-electron chi connectivity index (χ4n) is 1.52. The van der Waals surface area contributed by atoms with E-state index in [1.54, 1.807) is 7.11 Å². The molecule has 0 radical (unpaired) electrons. The maximum absolute atomic E-state index is 5.22. The highest BCUT2D eigenvalue weighted by atomic mass is 79.9. The molecule has 0 aromatic heterocycles. The third-order valence-electron chi connectivity index (χ3n) is 2.49. The second-order valence-electron chi connectivity index (χ2n) is 3.70. The summed E-state index contributed by atoms with van der Waals surface area (Å²) in [6.45, 7) is 4.26. The minimum Gasteiger partial charge on any atom is -0.496 e. The molecule has 1 unspecified atom stereocenters.